The molecule has 5 heteroatoms. The van der Waals surface area contributed by atoms with Crippen molar-refractivity contribution in [2.45, 2.75) is 13.3 Å². The molecule has 0 aromatic carbocycles. The lowest BCUT2D eigenvalue weighted by molar-refractivity contribution is 1.10. The zero-order valence-electron chi connectivity index (χ0n) is 7.52. The van der Waals surface area contributed by atoms with Crippen molar-refractivity contribution in [1.82, 2.24) is 4.98 Å². The van der Waals surface area contributed by atoms with Crippen molar-refractivity contribution < 1.29 is 0 Å². The third-order valence-corrected chi connectivity index (χ3v) is 3.60. The van der Waals surface area contributed by atoms with Crippen LogP contribution in [-0.4, -0.2) is 23.0 Å². The Morgan fingerprint density at radius 3 is 3.08 bits per heavy atom. The Kier molecular flexibility index (Phi) is 5.00. The van der Waals surface area contributed by atoms with Gasteiger partial charge in [-0.25, -0.2) is 4.98 Å². The van der Waals surface area contributed by atoms with Crippen LogP contribution >= 0.6 is 23.1 Å². The van der Waals surface area contributed by atoms with E-state index >= 15 is 0 Å². The first-order valence-corrected chi connectivity index (χ1v) is 6.14. The lowest BCUT2D eigenvalue weighted by Crippen LogP contribution is -1.91. The van der Waals surface area contributed by atoms with Crippen LogP contribution in [0.2, 0.25) is 0 Å². The van der Waals surface area contributed by atoms with Gasteiger partial charge in [0.1, 0.15) is 0 Å². The number of aryl methyl sites for hydroxylation is 2. The molecule has 0 amide bonds. The summed E-state index contributed by atoms with van der Waals surface area (Å²) in [6, 6.07) is 0. The maximum absolute atomic E-state index is 9.78. The quantitative estimate of drug-likeness (QED) is 0.542. The average molecular weight is 216 g/mol. The lowest BCUT2D eigenvalue weighted by atomic mass is 10.3. The number of nitrogens with zero attached hydrogens (tertiary/aromatic N) is 2. The highest BCUT2D eigenvalue weighted by Gasteiger charge is 2.00. The third-order valence-electron chi connectivity index (χ3n) is 1.65. The van der Waals surface area contributed by atoms with Crippen molar-refractivity contribution in [2.75, 3.05) is 18.1 Å². The van der Waals surface area contributed by atoms with Crippen molar-refractivity contribution in [1.29, 1.82) is 0 Å². The van der Waals surface area contributed by atoms with E-state index in [4.69, 9.17) is 0 Å². The Hall–Kier alpha value is -0.420. The molecule has 1 aromatic heterocycles. The van der Waals surface area contributed by atoms with Crippen LogP contribution < -0.4 is 0 Å². The molecule has 0 aliphatic rings. The van der Waals surface area contributed by atoms with E-state index in [1.54, 1.807) is 23.1 Å². The van der Waals surface area contributed by atoms with Crippen LogP contribution in [0.25, 0.3) is 0 Å². The van der Waals surface area contributed by atoms with Crippen LogP contribution in [0.4, 0.5) is 0 Å². The Balaban J connectivity index is 2.13. The van der Waals surface area contributed by atoms with Crippen molar-refractivity contribution >= 4 is 23.1 Å². The van der Waals surface area contributed by atoms with E-state index in [0.29, 0.717) is 6.54 Å². The number of hydrogen-bond acceptors (Lipinski definition) is 5. The largest absolute Gasteiger partial charge is 0.250 e. The maximum atomic E-state index is 9.78. The van der Waals surface area contributed by atoms with Crippen LogP contribution in [0, 0.1) is 11.8 Å². The van der Waals surface area contributed by atoms with Gasteiger partial charge in [-0.1, -0.05) is 5.18 Å². The Labute approximate surface area is 85.9 Å². The molecule has 1 aromatic rings. The zero-order chi connectivity index (χ0) is 9.52. The van der Waals surface area contributed by atoms with E-state index in [2.05, 4.69) is 10.2 Å². The Morgan fingerprint density at radius 2 is 2.46 bits per heavy atom. The van der Waals surface area contributed by atoms with Gasteiger partial charge in [-0.3, -0.25) is 0 Å². The number of thioether (sulfide) groups is 1. The SMILES string of the molecule is Cc1ncsc1CCSCCN=O. The van der Waals surface area contributed by atoms with Gasteiger partial charge in [0.2, 0.25) is 0 Å². The molecule has 0 aliphatic carbocycles. The lowest BCUT2D eigenvalue weighted by Gasteiger charge is -1.97. The van der Waals surface area contributed by atoms with Crippen molar-refractivity contribution in [2.24, 2.45) is 5.18 Å². The summed E-state index contributed by atoms with van der Waals surface area (Å²) in [6.45, 7) is 2.45. The second kappa shape index (κ2) is 6.10. The predicted molar refractivity (Wildman–Crippen MR) is 58.5 cm³/mol. The zero-order valence-corrected chi connectivity index (χ0v) is 9.16. The molecule has 0 saturated carbocycles. The van der Waals surface area contributed by atoms with Gasteiger partial charge < -0.3 is 0 Å². The minimum Gasteiger partial charge on any atom is -0.250 e. The summed E-state index contributed by atoms with van der Waals surface area (Å²) < 4.78 is 0. The average Bonchev–Trinajstić information content (AvgIpc) is 2.52. The molecule has 3 nitrogen and oxygen atoms in total. The molecule has 13 heavy (non-hydrogen) atoms. The molecule has 0 bridgehead atoms. The number of thiazole rings is 1. The first kappa shape index (κ1) is 10.7. The van der Waals surface area contributed by atoms with Crippen LogP contribution in [0.3, 0.4) is 0 Å². The highest BCUT2D eigenvalue weighted by atomic mass is 32.2. The fraction of sp³-hybridized carbons (Fsp3) is 0.625. The van der Waals surface area contributed by atoms with Crippen molar-refractivity contribution in [3.63, 3.8) is 0 Å². The molecular formula is C8H12N2OS2. The Morgan fingerprint density at radius 1 is 1.62 bits per heavy atom. The second-order valence-corrected chi connectivity index (χ2v) is 4.74. The number of rotatable bonds is 6. The van der Waals surface area contributed by atoms with Crippen molar-refractivity contribution in [3.8, 4) is 0 Å². The van der Waals surface area contributed by atoms with E-state index in [1.807, 2.05) is 12.4 Å². The van der Waals surface area contributed by atoms with Gasteiger partial charge in [-0.05, 0) is 19.1 Å². The summed E-state index contributed by atoms with van der Waals surface area (Å²) in [7, 11) is 0. The molecule has 1 heterocycles. The minimum atomic E-state index is 0.423. The minimum absolute atomic E-state index is 0.423. The maximum Gasteiger partial charge on any atom is 0.0901 e. The van der Waals surface area contributed by atoms with Gasteiger partial charge in [0, 0.05) is 10.6 Å². The standard InChI is InChI=1S/C8H12N2OS2/c1-7-8(13-6-9-7)2-4-12-5-3-10-11/h6H,2-5H2,1H3. The first-order chi connectivity index (χ1) is 6.34. The van der Waals surface area contributed by atoms with Crippen molar-refractivity contribution in [3.05, 3.63) is 21.0 Å². The summed E-state index contributed by atoms with van der Waals surface area (Å²) in [5, 5.41) is 2.81. The summed E-state index contributed by atoms with van der Waals surface area (Å²) in [4.78, 5) is 15.3. The van der Waals surface area contributed by atoms with E-state index in [9.17, 15) is 4.91 Å². The van der Waals surface area contributed by atoms with Crippen LogP contribution in [0.5, 0.6) is 0 Å². The Bertz CT molecular complexity index is 262. The van der Waals surface area contributed by atoms with Crippen LogP contribution in [0.15, 0.2) is 10.7 Å². The van der Waals surface area contributed by atoms with Gasteiger partial charge in [0.15, 0.2) is 0 Å². The molecule has 72 valence electrons. The van der Waals surface area contributed by atoms with Gasteiger partial charge in [0.05, 0.1) is 17.7 Å². The van der Waals surface area contributed by atoms with Gasteiger partial charge in [0.25, 0.3) is 0 Å². The monoisotopic (exact) mass is 216 g/mol. The second-order valence-electron chi connectivity index (χ2n) is 2.58. The van der Waals surface area contributed by atoms with E-state index < -0.39 is 0 Å². The van der Waals surface area contributed by atoms with Gasteiger partial charge in [-0.15, -0.1) is 11.3 Å². The molecule has 0 fully saturated rings. The number of aromatic nitrogens is 1. The van der Waals surface area contributed by atoms with Gasteiger partial charge >= 0.3 is 0 Å². The highest BCUT2D eigenvalue weighted by molar-refractivity contribution is 7.99. The third kappa shape index (κ3) is 3.87. The molecule has 0 atom stereocenters. The van der Waals surface area contributed by atoms with E-state index in [0.717, 1.165) is 23.6 Å². The fourth-order valence-corrected chi connectivity index (χ4v) is 2.60. The molecule has 1 rings (SSSR count). The van der Waals surface area contributed by atoms with E-state index in [1.165, 1.54) is 4.88 Å². The number of nitroso groups, excluding NO2 is 1. The van der Waals surface area contributed by atoms with Crippen LogP contribution in [0.1, 0.15) is 10.6 Å². The predicted octanol–water partition coefficient (Wildman–Crippen LogP) is 2.49. The molecule has 0 unspecified atom stereocenters. The smallest absolute Gasteiger partial charge is 0.0901 e. The molecule has 0 aliphatic heterocycles. The van der Waals surface area contributed by atoms with Gasteiger partial charge in [-0.2, -0.15) is 16.7 Å². The molecule has 0 N–H and O–H groups in total. The summed E-state index contributed by atoms with van der Waals surface area (Å²) >= 11 is 3.47. The molecule has 0 saturated heterocycles. The first-order valence-electron chi connectivity index (χ1n) is 4.10. The normalized spacial score (nSPS) is 10.2. The topological polar surface area (TPSA) is 42.3 Å². The fourth-order valence-electron chi connectivity index (χ4n) is 0.935. The highest BCUT2D eigenvalue weighted by Crippen LogP contribution is 2.15. The van der Waals surface area contributed by atoms with Crippen LogP contribution in [-0.2, 0) is 6.42 Å². The summed E-state index contributed by atoms with van der Waals surface area (Å²) in [6.07, 6.45) is 1.06. The summed E-state index contributed by atoms with van der Waals surface area (Å²) in [5.41, 5.74) is 3.02. The molecule has 0 spiro atoms. The number of hydrogen-bond donors (Lipinski definition) is 0. The molecule has 0 radical (unpaired) electrons. The summed E-state index contributed by atoms with van der Waals surface area (Å²) in [5.74, 6) is 1.89. The molecular weight excluding hydrogens is 204 g/mol. The van der Waals surface area contributed by atoms with E-state index in [-0.39, 0.29) is 0 Å².